The molecule has 1 fully saturated rings. The van der Waals surface area contributed by atoms with E-state index in [-0.39, 0.29) is 5.91 Å². The van der Waals surface area contributed by atoms with Gasteiger partial charge in [0.25, 0.3) is 5.91 Å². The number of carbonyl (C=O) groups is 2. The second-order valence-corrected chi connectivity index (χ2v) is 4.84. The van der Waals surface area contributed by atoms with Crippen LogP contribution in [-0.4, -0.2) is 29.2 Å². The summed E-state index contributed by atoms with van der Waals surface area (Å²) in [5.74, 6) is -1.29. The first-order chi connectivity index (χ1) is 8.97. The van der Waals surface area contributed by atoms with Gasteiger partial charge in [-0.3, -0.25) is 4.79 Å². The fraction of sp³-hybridized carbons (Fsp3) is 0.429. The van der Waals surface area contributed by atoms with Gasteiger partial charge in [0.05, 0.1) is 0 Å². The van der Waals surface area contributed by atoms with Crippen molar-refractivity contribution in [2.45, 2.75) is 38.9 Å². The van der Waals surface area contributed by atoms with Crippen molar-refractivity contribution in [2.75, 3.05) is 5.32 Å². The Labute approximate surface area is 111 Å². The molecule has 102 valence electrons. The molecule has 1 heterocycles. The zero-order valence-electron chi connectivity index (χ0n) is 11.0. The van der Waals surface area contributed by atoms with Crippen molar-refractivity contribution >= 4 is 17.6 Å². The summed E-state index contributed by atoms with van der Waals surface area (Å²) >= 11 is 0. The number of nitrogens with one attached hydrogen (secondary N) is 1. The molecule has 0 bridgehead atoms. The zero-order chi connectivity index (χ0) is 14.0. The van der Waals surface area contributed by atoms with E-state index in [1.165, 1.54) is 0 Å². The highest BCUT2D eigenvalue weighted by atomic mass is 16.5. The van der Waals surface area contributed by atoms with Gasteiger partial charge in [-0.1, -0.05) is 17.7 Å². The summed E-state index contributed by atoms with van der Waals surface area (Å²) < 4.78 is 5.21. The summed E-state index contributed by atoms with van der Waals surface area (Å²) in [6.07, 6.45) is -0.731. The molecule has 0 radical (unpaired) electrons. The molecule has 5 heteroatoms. The van der Waals surface area contributed by atoms with Gasteiger partial charge in [0.2, 0.25) is 0 Å². The van der Waals surface area contributed by atoms with Crippen LogP contribution in [0.15, 0.2) is 18.2 Å². The molecule has 1 aromatic carbocycles. The SMILES string of the molecule is Cc1ccc(NC(=O)C2CCC(C(=O)O)O2)c(C)c1. The van der Waals surface area contributed by atoms with Gasteiger partial charge < -0.3 is 15.2 Å². The van der Waals surface area contributed by atoms with Crippen LogP contribution in [0.1, 0.15) is 24.0 Å². The molecule has 1 amide bonds. The second-order valence-electron chi connectivity index (χ2n) is 4.84. The molecule has 19 heavy (non-hydrogen) atoms. The monoisotopic (exact) mass is 263 g/mol. The highest BCUT2D eigenvalue weighted by molar-refractivity contribution is 5.95. The van der Waals surface area contributed by atoms with Crippen LogP contribution in [0.25, 0.3) is 0 Å². The normalized spacial score (nSPS) is 22.2. The Bertz CT molecular complexity index is 512. The number of aliphatic carboxylic acids is 1. The molecule has 0 aromatic heterocycles. The van der Waals surface area contributed by atoms with Crippen molar-refractivity contribution in [1.82, 2.24) is 0 Å². The maximum Gasteiger partial charge on any atom is 0.332 e. The lowest BCUT2D eigenvalue weighted by Gasteiger charge is -2.13. The molecule has 1 aliphatic heterocycles. The minimum atomic E-state index is -1.01. The molecular formula is C14H17NO4. The van der Waals surface area contributed by atoms with Crippen molar-refractivity contribution in [1.29, 1.82) is 0 Å². The van der Waals surface area contributed by atoms with Crippen molar-refractivity contribution in [3.05, 3.63) is 29.3 Å². The van der Waals surface area contributed by atoms with E-state index in [1.54, 1.807) is 0 Å². The summed E-state index contributed by atoms with van der Waals surface area (Å²) in [6, 6.07) is 5.73. The number of hydrogen-bond acceptors (Lipinski definition) is 3. The summed E-state index contributed by atoms with van der Waals surface area (Å²) in [7, 11) is 0. The van der Waals surface area contributed by atoms with Crippen LogP contribution in [0.5, 0.6) is 0 Å². The van der Waals surface area contributed by atoms with Crippen LogP contribution in [-0.2, 0) is 14.3 Å². The molecule has 2 unspecified atom stereocenters. The molecular weight excluding hydrogens is 246 g/mol. The van der Waals surface area contributed by atoms with Crippen molar-refractivity contribution in [3.63, 3.8) is 0 Å². The molecule has 5 nitrogen and oxygen atoms in total. The van der Waals surface area contributed by atoms with Crippen LogP contribution in [0, 0.1) is 13.8 Å². The van der Waals surface area contributed by atoms with Crippen LogP contribution in [0.3, 0.4) is 0 Å². The van der Waals surface area contributed by atoms with Gasteiger partial charge in [-0.05, 0) is 38.3 Å². The number of hydrogen-bond donors (Lipinski definition) is 2. The van der Waals surface area contributed by atoms with E-state index >= 15 is 0 Å². The van der Waals surface area contributed by atoms with Gasteiger partial charge in [0.15, 0.2) is 6.10 Å². The van der Waals surface area contributed by atoms with Gasteiger partial charge in [-0.25, -0.2) is 4.79 Å². The zero-order valence-corrected chi connectivity index (χ0v) is 11.0. The Morgan fingerprint density at radius 3 is 2.53 bits per heavy atom. The van der Waals surface area contributed by atoms with E-state index in [2.05, 4.69) is 5.32 Å². The Kier molecular flexibility index (Phi) is 3.85. The Hall–Kier alpha value is -1.88. The number of benzene rings is 1. The number of ether oxygens (including phenoxy) is 1. The number of amides is 1. The van der Waals surface area contributed by atoms with Gasteiger partial charge in [0, 0.05) is 5.69 Å². The molecule has 1 aromatic rings. The molecule has 0 spiro atoms. The van der Waals surface area contributed by atoms with E-state index in [0.717, 1.165) is 16.8 Å². The lowest BCUT2D eigenvalue weighted by molar-refractivity contribution is -0.150. The number of carbonyl (C=O) groups excluding carboxylic acids is 1. The third-order valence-electron chi connectivity index (χ3n) is 3.23. The van der Waals surface area contributed by atoms with Gasteiger partial charge in [0.1, 0.15) is 6.10 Å². The predicted molar refractivity (Wildman–Crippen MR) is 70.1 cm³/mol. The summed E-state index contributed by atoms with van der Waals surface area (Å²) in [4.78, 5) is 22.8. The minimum absolute atomic E-state index is 0.282. The molecule has 0 aliphatic carbocycles. The topological polar surface area (TPSA) is 75.6 Å². The van der Waals surface area contributed by atoms with E-state index < -0.39 is 18.2 Å². The lowest BCUT2D eigenvalue weighted by Crippen LogP contribution is -2.30. The van der Waals surface area contributed by atoms with Crippen LogP contribution in [0.2, 0.25) is 0 Å². The first kappa shape index (κ1) is 13.5. The molecule has 1 saturated heterocycles. The third-order valence-corrected chi connectivity index (χ3v) is 3.23. The minimum Gasteiger partial charge on any atom is -0.479 e. The van der Waals surface area contributed by atoms with Gasteiger partial charge in [-0.2, -0.15) is 0 Å². The molecule has 1 aliphatic rings. The van der Waals surface area contributed by atoms with Crippen molar-refractivity contribution in [2.24, 2.45) is 0 Å². The molecule has 2 rings (SSSR count). The van der Waals surface area contributed by atoms with Crippen LogP contribution in [0.4, 0.5) is 5.69 Å². The van der Waals surface area contributed by atoms with E-state index in [1.807, 2.05) is 32.0 Å². The Morgan fingerprint density at radius 2 is 1.95 bits per heavy atom. The lowest BCUT2D eigenvalue weighted by atomic mass is 10.1. The average molecular weight is 263 g/mol. The predicted octanol–water partition coefficient (Wildman–Crippen LogP) is 1.87. The highest BCUT2D eigenvalue weighted by Crippen LogP contribution is 2.22. The Balaban J connectivity index is 2.00. The number of anilines is 1. The number of carboxylic acid groups (broad SMARTS) is 1. The quantitative estimate of drug-likeness (QED) is 0.873. The van der Waals surface area contributed by atoms with Gasteiger partial charge >= 0.3 is 5.97 Å². The standard InChI is InChI=1S/C14H17NO4/c1-8-3-4-10(9(2)7-8)15-13(16)11-5-6-12(19-11)14(17)18/h3-4,7,11-12H,5-6H2,1-2H3,(H,15,16)(H,17,18). The summed E-state index contributed by atoms with van der Waals surface area (Å²) in [6.45, 7) is 3.90. The first-order valence-corrected chi connectivity index (χ1v) is 6.24. The van der Waals surface area contributed by atoms with Crippen LogP contribution < -0.4 is 5.32 Å². The largest absolute Gasteiger partial charge is 0.479 e. The van der Waals surface area contributed by atoms with E-state index in [4.69, 9.17) is 9.84 Å². The van der Waals surface area contributed by atoms with E-state index in [0.29, 0.717) is 12.8 Å². The molecule has 2 atom stereocenters. The smallest absolute Gasteiger partial charge is 0.332 e. The molecule has 0 saturated carbocycles. The van der Waals surface area contributed by atoms with Crippen LogP contribution >= 0.6 is 0 Å². The highest BCUT2D eigenvalue weighted by Gasteiger charge is 2.34. The first-order valence-electron chi connectivity index (χ1n) is 6.24. The maximum absolute atomic E-state index is 12.0. The van der Waals surface area contributed by atoms with Gasteiger partial charge in [-0.15, -0.1) is 0 Å². The van der Waals surface area contributed by atoms with Crippen molar-refractivity contribution < 1.29 is 19.4 Å². The molecule has 2 N–H and O–H groups in total. The maximum atomic E-state index is 12.0. The average Bonchev–Trinajstić information content (AvgIpc) is 2.82. The number of rotatable bonds is 3. The fourth-order valence-corrected chi connectivity index (χ4v) is 2.18. The second kappa shape index (κ2) is 5.40. The fourth-order valence-electron chi connectivity index (χ4n) is 2.18. The number of aryl methyl sites for hydroxylation is 2. The van der Waals surface area contributed by atoms with Crippen molar-refractivity contribution in [3.8, 4) is 0 Å². The Morgan fingerprint density at radius 1 is 1.26 bits per heavy atom. The summed E-state index contributed by atoms with van der Waals surface area (Å²) in [5, 5.41) is 11.6. The van der Waals surface area contributed by atoms with E-state index in [9.17, 15) is 9.59 Å². The third kappa shape index (κ3) is 3.12. The number of carboxylic acids is 1. The summed E-state index contributed by atoms with van der Waals surface area (Å²) in [5.41, 5.74) is 2.83.